The van der Waals surface area contributed by atoms with Crippen molar-refractivity contribution in [3.05, 3.63) is 90.5 Å². The predicted molar refractivity (Wildman–Crippen MR) is 196 cm³/mol. The van der Waals surface area contributed by atoms with Crippen molar-refractivity contribution in [1.29, 1.82) is 0 Å². The summed E-state index contributed by atoms with van der Waals surface area (Å²) in [7, 11) is 0. The molecule has 0 unspecified atom stereocenters. The zero-order valence-corrected chi connectivity index (χ0v) is 30.4. The maximum atomic E-state index is 14.0. The smallest absolute Gasteiger partial charge is 0.258 e. The Morgan fingerprint density at radius 2 is 1.55 bits per heavy atom. The number of nitrogens with two attached hydrogens (primary N) is 1. The fraction of sp³-hybridized carbons (Fsp3) is 0.395. The number of carbonyl (C=O) groups is 5. The average molecular weight is 718 g/mol. The normalized spacial score (nSPS) is 17.1. The van der Waals surface area contributed by atoms with Gasteiger partial charge in [0.25, 0.3) is 11.8 Å². The highest BCUT2D eigenvalue weighted by atomic mass is 32.2. The molecule has 5 amide bonds. The molecule has 13 heteroatoms. The topological polar surface area (TPSA) is 180 Å². The van der Waals surface area contributed by atoms with Crippen molar-refractivity contribution in [2.24, 2.45) is 5.73 Å². The summed E-state index contributed by atoms with van der Waals surface area (Å²) in [6, 6.07) is 22.0. The molecule has 0 bridgehead atoms. The number of aliphatic hydroxyl groups is 1. The Hall–Kier alpha value is -4.88. The Bertz CT molecular complexity index is 1700. The van der Waals surface area contributed by atoms with Crippen LogP contribution < -0.4 is 26.4 Å². The maximum absolute atomic E-state index is 14.0. The van der Waals surface area contributed by atoms with Gasteiger partial charge in [-0.25, -0.2) is 0 Å². The Balaban J connectivity index is 1.52. The first-order valence-corrected chi connectivity index (χ1v) is 17.7. The summed E-state index contributed by atoms with van der Waals surface area (Å²) < 4.78 is 5.15. The highest BCUT2D eigenvalue weighted by Crippen LogP contribution is 2.40. The van der Waals surface area contributed by atoms with Crippen molar-refractivity contribution in [3.8, 4) is 16.9 Å². The summed E-state index contributed by atoms with van der Waals surface area (Å²) in [5.74, 6) is -2.91. The van der Waals surface area contributed by atoms with Crippen LogP contribution in [0.3, 0.4) is 0 Å². The second kappa shape index (κ2) is 16.9. The molecule has 3 aromatic carbocycles. The van der Waals surface area contributed by atoms with Gasteiger partial charge in [0.05, 0.1) is 18.3 Å². The lowest BCUT2D eigenvalue weighted by molar-refractivity contribution is -0.148. The summed E-state index contributed by atoms with van der Waals surface area (Å²) in [6.07, 6.45) is -2.30. The fourth-order valence-corrected chi connectivity index (χ4v) is 6.96. The van der Waals surface area contributed by atoms with E-state index in [0.717, 1.165) is 11.1 Å². The molecule has 4 atom stereocenters. The van der Waals surface area contributed by atoms with Crippen LogP contribution in [0.5, 0.6) is 5.75 Å². The van der Waals surface area contributed by atoms with Crippen LogP contribution in [0.4, 0.5) is 0 Å². The zero-order valence-electron chi connectivity index (χ0n) is 29.6. The van der Waals surface area contributed by atoms with Gasteiger partial charge in [0.2, 0.25) is 17.7 Å². The molecule has 1 fully saturated rings. The summed E-state index contributed by atoms with van der Waals surface area (Å²) in [4.78, 5) is 67.6. The van der Waals surface area contributed by atoms with Crippen LogP contribution in [0.25, 0.3) is 11.1 Å². The maximum Gasteiger partial charge on any atom is 0.258 e. The molecule has 0 aliphatic carbocycles. The van der Waals surface area contributed by atoms with E-state index in [1.165, 1.54) is 16.7 Å². The van der Waals surface area contributed by atoms with Crippen molar-refractivity contribution in [2.45, 2.75) is 82.0 Å². The Labute approximate surface area is 302 Å². The van der Waals surface area contributed by atoms with Crippen LogP contribution in [0.15, 0.2) is 84.9 Å². The van der Waals surface area contributed by atoms with Crippen LogP contribution in [-0.4, -0.2) is 86.5 Å². The lowest BCUT2D eigenvalue weighted by Crippen LogP contribution is -2.61. The van der Waals surface area contributed by atoms with Gasteiger partial charge in [-0.05, 0) is 58.2 Å². The number of primary amides is 1. The first-order valence-electron chi connectivity index (χ1n) is 16.7. The Kier molecular flexibility index (Phi) is 12.9. The second-order valence-electron chi connectivity index (χ2n) is 14.0. The van der Waals surface area contributed by atoms with Gasteiger partial charge < -0.3 is 36.4 Å². The van der Waals surface area contributed by atoms with Gasteiger partial charge in [-0.1, -0.05) is 78.9 Å². The summed E-state index contributed by atoms with van der Waals surface area (Å²) in [6.45, 7) is 8.75. The lowest BCUT2D eigenvalue weighted by Gasteiger charge is -2.35. The van der Waals surface area contributed by atoms with E-state index in [1.807, 2.05) is 77.1 Å². The monoisotopic (exact) mass is 717 g/mol. The van der Waals surface area contributed by atoms with Gasteiger partial charge in [-0.3, -0.25) is 24.0 Å². The van der Waals surface area contributed by atoms with Crippen molar-refractivity contribution in [3.63, 3.8) is 0 Å². The van der Waals surface area contributed by atoms with Gasteiger partial charge in [0.15, 0.2) is 12.7 Å². The third-order valence-corrected chi connectivity index (χ3v) is 9.60. The van der Waals surface area contributed by atoms with E-state index in [2.05, 4.69) is 16.0 Å². The van der Waals surface area contributed by atoms with Gasteiger partial charge in [-0.15, -0.1) is 11.8 Å². The number of benzene rings is 3. The first kappa shape index (κ1) is 38.9. The largest absolute Gasteiger partial charge is 0.483 e. The third-order valence-electron chi connectivity index (χ3n) is 8.22. The average Bonchev–Trinajstić information content (AvgIpc) is 3.40. The van der Waals surface area contributed by atoms with Crippen molar-refractivity contribution in [2.75, 3.05) is 12.5 Å². The van der Waals surface area contributed by atoms with E-state index in [4.69, 9.17) is 10.5 Å². The number of aliphatic hydroxyl groups excluding tert-OH is 1. The molecule has 0 radical (unpaired) electrons. The van der Waals surface area contributed by atoms with Gasteiger partial charge in [0, 0.05) is 15.8 Å². The van der Waals surface area contributed by atoms with Crippen LogP contribution >= 0.6 is 11.8 Å². The molecular formula is C38H47N5O7S. The Morgan fingerprint density at radius 3 is 2.18 bits per heavy atom. The minimum Gasteiger partial charge on any atom is -0.483 e. The minimum absolute atomic E-state index is 0.0271. The highest BCUT2D eigenvalue weighted by molar-refractivity contribution is 8.00. The van der Waals surface area contributed by atoms with E-state index in [9.17, 15) is 29.1 Å². The van der Waals surface area contributed by atoms with E-state index < -0.39 is 71.2 Å². The number of thioether (sulfide) groups is 1. The first-order chi connectivity index (χ1) is 24.1. The molecule has 0 aromatic heterocycles. The molecular weight excluding hydrogens is 671 g/mol. The minimum atomic E-state index is -1.78. The molecule has 12 nitrogen and oxygen atoms in total. The number of amides is 5. The summed E-state index contributed by atoms with van der Waals surface area (Å²) in [5.41, 5.74) is 7.25. The van der Waals surface area contributed by atoms with Gasteiger partial charge in [-0.2, -0.15) is 0 Å². The van der Waals surface area contributed by atoms with Crippen LogP contribution in [-0.2, 0) is 30.4 Å². The van der Waals surface area contributed by atoms with Gasteiger partial charge >= 0.3 is 0 Å². The number of nitrogens with one attached hydrogen (secondary N) is 3. The van der Waals surface area contributed by atoms with E-state index in [-0.39, 0.29) is 18.2 Å². The standard InChI is InChI=1S/C38H47N5O7S/c1-37(2,3)42-35(48)33-38(4,5)51-23-43(33)36(49)32(46)27(20-24-14-8-6-9-15-24)41-34(47)28(21-30(39)44)40-31(45)22-50-29-19-13-12-18-26(29)25-16-10-7-11-17-25/h6-19,27-28,32-33,46H,20-23H2,1-5H3,(H2,39,44)(H,40,45)(H,41,47)(H,42,48)/t27-,28-,32-,33+/m0/s1. The quantitative estimate of drug-likeness (QED) is 0.169. The molecule has 4 rings (SSSR count). The fourth-order valence-electron chi connectivity index (χ4n) is 5.82. The molecule has 272 valence electrons. The molecule has 1 aliphatic rings. The number of carbonyl (C=O) groups excluding carboxylic acids is 5. The van der Waals surface area contributed by atoms with Crippen molar-refractivity contribution >= 4 is 41.3 Å². The number of ether oxygens (including phenoxy) is 1. The van der Waals surface area contributed by atoms with E-state index in [1.54, 1.807) is 42.5 Å². The number of nitrogens with zero attached hydrogens (tertiary/aromatic N) is 1. The SMILES string of the molecule is CC(C)(C)NC(=O)[C@H]1N(C(=O)[C@@H](O)[C@H](Cc2ccccc2)NC(=O)[C@H](CC(N)=O)NC(=O)COc2ccccc2-c2ccccc2)CSC1(C)C. The van der Waals surface area contributed by atoms with Crippen molar-refractivity contribution in [1.82, 2.24) is 20.9 Å². The molecule has 1 heterocycles. The van der Waals surface area contributed by atoms with Crippen molar-refractivity contribution < 1.29 is 33.8 Å². The molecule has 1 aliphatic heterocycles. The number of para-hydroxylation sites is 1. The number of hydrogen-bond acceptors (Lipinski definition) is 8. The molecule has 0 saturated carbocycles. The van der Waals surface area contributed by atoms with E-state index in [0.29, 0.717) is 11.3 Å². The number of rotatable bonds is 14. The molecule has 3 aromatic rings. The zero-order chi connectivity index (χ0) is 37.3. The molecule has 6 N–H and O–H groups in total. The lowest BCUT2D eigenvalue weighted by atomic mass is 9.96. The van der Waals surface area contributed by atoms with E-state index >= 15 is 0 Å². The van der Waals surface area contributed by atoms with Crippen LogP contribution in [0.2, 0.25) is 0 Å². The second-order valence-corrected chi connectivity index (χ2v) is 15.6. The van der Waals surface area contributed by atoms with Crippen LogP contribution in [0.1, 0.15) is 46.6 Å². The third kappa shape index (κ3) is 10.8. The molecule has 1 saturated heterocycles. The van der Waals surface area contributed by atoms with Crippen LogP contribution in [0, 0.1) is 0 Å². The highest BCUT2D eigenvalue weighted by Gasteiger charge is 2.50. The molecule has 51 heavy (non-hydrogen) atoms. The Morgan fingerprint density at radius 1 is 0.941 bits per heavy atom. The summed E-state index contributed by atoms with van der Waals surface area (Å²) in [5, 5.41) is 19.7. The predicted octanol–water partition coefficient (Wildman–Crippen LogP) is 2.78. The van der Waals surface area contributed by atoms with Gasteiger partial charge in [0.1, 0.15) is 17.8 Å². The molecule has 0 spiro atoms. The number of hydrogen-bond donors (Lipinski definition) is 5. The summed E-state index contributed by atoms with van der Waals surface area (Å²) >= 11 is 1.40.